The third-order valence-corrected chi connectivity index (χ3v) is 5.76. The Kier molecular flexibility index (Phi) is 11.6. The van der Waals surface area contributed by atoms with E-state index in [2.05, 4.69) is 43.5 Å². The highest BCUT2D eigenvalue weighted by Gasteiger charge is 2.12. The van der Waals surface area contributed by atoms with Crippen LogP contribution in [-0.2, 0) is 4.79 Å². The Hall–Kier alpha value is -4.28. The van der Waals surface area contributed by atoms with Gasteiger partial charge in [-0.2, -0.15) is 12.6 Å². The summed E-state index contributed by atoms with van der Waals surface area (Å²) in [5.74, 6) is 0.0398. The Morgan fingerprint density at radius 3 is 2.35 bits per heavy atom. The third kappa shape index (κ3) is 9.48. The van der Waals surface area contributed by atoms with Crippen LogP contribution >= 0.6 is 12.6 Å². The lowest BCUT2D eigenvalue weighted by atomic mass is 10.1. The molecule has 0 aliphatic carbocycles. The van der Waals surface area contributed by atoms with Crippen LogP contribution in [0, 0.1) is 0 Å². The summed E-state index contributed by atoms with van der Waals surface area (Å²) in [6, 6.07) is 19.6. The molecule has 4 aromatic rings. The standard InChI is InChI=1S/C28H29N7O2S.C2H6/c1-35(2)18-24(38)16-26(36)31-21-10-8-19(9-11-21)27(37)32-22-6-3-7-23(15-22)33-28-30-14-12-25(34-28)20-5-4-13-29-17-20;1-2/h3-15,17,24,38H,16,18H2,1-2H3,(H,31,36)(H,32,37)(H,30,33,34);1-2H3. The molecule has 2 amide bonds. The minimum Gasteiger partial charge on any atom is -0.326 e. The normalized spacial score (nSPS) is 11.2. The summed E-state index contributed by atoms with van der Waals surface area (Å²) in [5, 5.41) is 8.86. The first-order chi connectivity index (χ1) is 19.4. The highest BCUT2D eigenvalue weighted by atomic mass is 32.1. The number of nitrogens with zero attached hydrogens (tertiary/aromatic N) is 4. The number of hydrogen-bond acceptors (Lipinski definition) is 8. The Labute approximate surface area is 240 Å². The molecule has 10 heteroatoms. The predicted octanol–water partition coefficient (Wildman–Crippen LogP) is 5.75. The molecule has 0 radical (unpaired) electrons. The fourth-order valence-corrected chi connectivity index (χ4v) is 4.21. The molecule has 208 valence electrons. The number of benzene rings is 2. The minimum atomic E-state index is -0.267. The Morgan fingerprint density at radius 2 is 1.65 bits per heavy atom. The number of carbonyl (C=O) groups excluding carboxylic acids is 2. The second-order valence-corrected chi connectivity index (χ2v) is 9.64. The van der Waals surface area contributed by atoms with Crippen LogP contribution in [-0.4, -0.2) is 57.6 Å². The van der Waals surface area contributed by atoms with E-state index >= 15 is 0 Å². The molecule has 2 heterocycles. The summed E-state index contributed by atoms with van der Waals surface area (Å²) in [5.41, 5.74) is 4.06. The molecule has 1 unspecified atom stereocenters. The first-order valence-corrected chi connectivity index (χ1v) is 13.5. The molecule has 2 aromatic heterocycles. The molecule has 1 atom stereocenters. The molecular formula is C30H35N7O2S. The minimum absolute atomic E-state index is 0.0584. The van der Waals surface area contributed by atoms with Gasteiger partial charge in [0.2, 0.25) is 11.9 Å². The first-order valence-electron chi connectivity index (χ1n) is 13.0. The van der Waals surface area contributed by atoms with Crippen LogP contribution in [0.15, 0.2) is 85.3 Å². The molecule has 0 saturated carbocycles. The van der Waals surface area contributed by atoms with Crippen molar-refractivity contribution in [2.24, 2.45) is 0 Å². The van der Waals surface area contributed by atoms with Crippen molar-refractivity contribution in [3.05, 3.63) is 90.9 Å². The summed E-state index contributed by atoms with van der Waals surface area (Å²) in [6.45, 7) is 4.71. The van der Waals surface area contributed by atoms with E-state index in [1.54, 1.807) is 55.0 Å². The number of carbonyl (C=O) groups is 2. The topological polar surface area (TPSA) is 112 Å². The smallest absolute Gasteiger partial charge is 0.255 e. The van der Waals surface area contributed by atoms with Gasteiger partial charge >= 0.3 is 0 Å². The fourth-order valence-electron chi connectivity index (χ4n) is 3.72. The van der Waals surface area contributed by atoms with Crippen LogP contribution in [0.25, 0.3) is 11.3 Å². The number of aromatic nitrogens is 3. The van der Waals surface area contributed by atoms with E-state index in [4.69, 9.17) is 0 Å². The van der Waals surface area contributed by atoms with Crippen LogP contribution in [0.1, 0.15) is 30.6 Å². The van der Waals surface area contributed by atoms with E-state index in [1.165, 1.54) is 0 Å². The van der Waals surface area contributed by atoms with Crippen molar-refractivity contribution >= 4 is 47.5 Å². The fraction of sp³-hybridized carbons (Fsp3) is 0.233. The van der Waals surface area contributed by atoms with E-state index in [0.717, 1.165) is 16.9 Å². The SMILES string of the molecule is CC.CN(C)CC(S)CC(=O)Nc1ccc(C(=O)Nc2cccc(Nc3nccc(-c4cccnc4)n3)c2)cc1. The van der Waals surface area contributed by atoms with Gasteiger partial charge in [0.15, 0.2) is 0 Å². The monoisotopic (exact) mass is 557 g/mol. The molecule has 0 bridgehead atoms. The van der Waals surface area contributed by atoms with Gasteiger partial charge in [-0.3, -0.25) is 14.6 Å². The first kappa shape index (κ1) is 30.3. The number of amides is 2. The van der Waals surface area contributed by atoms with Crippen LogP contribution in [0.2, 0.25) is 0 Å². The zero-order chi connectivity index (χ0) is 28.9. The summed E-state index contributed by atoms with van der Waals surface area (Å²) in [6.07, 6.45) is 5.43. The number of hydrogen-bond donors (Lipinski definition) is 4. The molecule has 0 spiro atoms. The van der Waals surface area contributed by atoms with Gasteiger partial charge in [-0.05, 0) is 74.8 Å². The lowest BCUT2D eigenvalue weighted by Gasteiger charge is -2.15. The van der Waals surface area contributed by atoms with Gasteiger partial charge in [0.25, 0.3) is 5.91 Å². The van der Waals surface area contributed by atoms with E-state index in [-0.39, 0.29) is 17.1 Å². The van der Waals surface area contributed by atoms with E-state index < -0.39 is 0 Å². The third-order valence-electron chi connectivity index (χ3n) is 5.42. The van der Waals surface area contributed by atoms with Gasteiger partial charge in [0.1, 0.15) is 0 Å². The van der Waals surface area contributed by atoms with Crippen molar-refractivity contribution in [2.45, 2.75) is 25.5 Å². The van der Waals surface area contributed by atoms with Gasteiger partial charge in [-0.1, -0.05) is 19.9 Å². The van der Waals surface area contributed by atoms with Crippen molar-refractivity contribution in [2.75, 3.05) is 36.6 Å². The van der Waals surface area contributed by atoms with Crippen molar-refractivity contribution in [3.63, 3.8) is 0 Å². The van der Waals surface area contributed by atoms with E-state index in [1.807, 2.05) is 63.2 Å². The second kappa shape index (κ2) is 15.3. The number of pyridine rings is 1. The van der Waals surface area contributed by atoms with Gasteiger partial charge in [0, 0.05) is 65.0 Å². The van der Waals surface area contributed by atoms with Gasteiger partial charge in [-0.25, -0.2) is 9.97 Å². The van der Waals surface area contributed by atoms with Crippen LogP contribution in [0.3, 0.4) is 0 Å². The molecule has 0 aliphatic heterocycles. The second-order valence-electron chi connectivity index (χ2n) is 8.91. The molecule has 9 nitrogen and oxygen atoms in total. The highest BCUT2D eigenvalue weighted by Crippen LogP contribution is 2.21. The van der Waals surface area contributed by atoms with Gasteiger partial charge < -0.3 is 20.9 Å². The number of rotatable bonds is 10. The van der Waals surface area contributed by atoms with Crippen molar-refractivity contribution in [1.29, 1.82) is 0 Å². The van der Waals surface area contributed by atoms with E-state index in [0.29, 0.717) is 35.9 Å². The van der Waals surface area contributed by atoms with Crippen LogP contribution < -0.4 is 16.0 Å². The molecule has 40 heavy (non-hydrogen) atoms. The molecule has 0 aliphatic rings. The lowest BCUT2D eigenvalue weighted by molar-refractivity contribution is -0.116. The summed E-state index contributed by atoms with van der Waals surface area (Å²) in [4.78, 5) is 40.0. The molecule has 4 rings (SSSR count). The van der Waals surface area contributed by atoms with Gasteiger partial charge in [0.05, 0.1) is 5.69 Å². The number of nitrogens with one attached hydrogen (secondary N) is 3. The van der Waals surface area contributed by atoms with Crippen LogP contribution in [0.4, 0.5) is 23.0 Å². The summed E-state index contributed by atoms with van der Waals surface area (Å²) in [7, 11) is 3.88. The largest absolute Gasteiger partial charge is 0.326 e. The molecule has 0 saturated heterocycles. The average molecular weight is 558 g/mol. The quantitative estimate of drug-likeness (QED) is 0.184. The zero-order valence-electron chi connectivity index (χ0n) is 23.1. The molecule has 0 fully saturated rings. The molecule has 2 aromatic carbocycles. The Balaban J connectivity index is 0.00000216. The van der Waals surface area contributed by atoms with Crippen molar-refractivity contribution in [1.82, 2.24) is 19.9 Å². The summed E-state index contributed by atoms with van der Waals surface area (Å²) < 4.78 is 0. The molecular weight excluding hydrogens is 522 g/mol. The number of anilines is 4. The lowest BCUT2D eigenvalue weighted by Crippen LogP contribution is -2.26. The van der Waals surface area contributed by atoms with Gasteiger partial charge in [-0.15, -0.1) is 0 Å². The maximum Gasteiger partial charge on any atom is 0.255 e. The highest BCUT2D eigenvalue weighted by molar-refractivity contribution is 7.81. The summed E-state index contributed by atoms with van der Waals surface area (Å²) >= 11 is 4.45. The van der Waals surface area contributed by atoms with Crippen molar-refractivity contribution < 1.29 is 9.59 Å². The predicted molar refractivity (Wildman–Crippen MR) is 165 cm³/mol. The molecule has 3 N–H and O–H groups in total. The van der Waals surface area contributed by atoms with Crippen LogP contribution in [0.5, 0.6) is 0 Å². The van der Waals surface area contributed by atoms with Crippen molar-refractivity contribution in [3.8, 4) is 11.3 Å². The average Bonchev–Trinajstić information content (AvgIpc) is 2.95. The Morgan fingerprint density at radius 1 is 0.900 bits per heavy atom. The maximum absolute atomic E-state index is 12.8. The van der Waals surface area contributed by atoms with E-state index in [9.17, 15) is 9.59 Å². The number of thiol groups is 1. The Bertz CT molecular complexity index is 1380. The zero-order valence-corrected chi connectivity index (χ0v) is 24.0. The maximum atomic E-state index is 12.8.